The van der Waals surface area contributed by atoms with Crippen molar-refractivity contribution >= 4 is 28.7 Å². The number of carbonyl (C=O) groups excluding carboxylic acids is 1. The molecule has 0 fully saturated rings. The van der Waals surface area contributed by atoms with Gasteiger partial charge >= 0.3 is 0 Å². The smallest absolute Gasteiger partial charge is 0.255 e. The number of aromatic nitrogens is 3. The van der Waals surface area contributed by atoms with Crippen molar-refractivity contribution in [3.8, 4) is 17.0 Å². The zero-order valence-electron chi connectivity index (χ0n) is 23.2. The van der Waals surface area contributed by atoms with E-state index in [9.17, 15) is 4.79 Å². The zero-order chi connectivity index (χ0) is 28.1. The molecule has 8 heteroatoms. The molecular weight excluding hydrogens is 500 g/mol. The molecule has 40 heavy (non-hydrogen) atoms. The number of fused-ring (bicyclic) bond motifs is 1. The van der Waals surface area contributed by atoms with Gasteiger partial charge in [-0.3, -0.25) is 4.79 Å². The lowest BCUT2D eigenvalue weighted by Gasteiger charge is -2.19. The van der Waals surface area contributed by atoms with Crippen molar-refractivity contribution in [3.05, 3.63) is 103 Å². The van der Waals surface area contributed by atoms with Gasteiger partial charge in [0.15, 0.2) is 11.5 Å². The first-order valence-electron chi connectivity index (χ1n) is 13.3. The Morgan fingerprint density at radius 1 is 0.975 bits per heavy atom. The van der Waals surface area contributed by atoms with Crippen LogP contribution in [0.1, 0.15) is 36.7 Å². The molecule has 0 saturated carbocycles. The number of hydrogen-bond acceptors (Lipinski definition) is 6. The third kappa shape index (κ3) is 6.30. The molecule has 1 amide bonds. The Bertz CT molecular complexity index is 1600. The van der Waals surface area contributed by atoms with Crippen LogP contribution in [0, 0.1) is 0 Å². The number of benzene rings is 3. The van der Waals surface area contributed by atoms with Crippen LogP contribution in [0.2, 0.25) is 0 Å². The fraction of sp³-hybridized carbons (Fsp3) is 0.219. The number of ether oxygens (including phenoxy) is 1. The number of carbonyl (C=O) groups is 1. The summed E-state index contributed by atoms with van der Waals surface area (Å²) < 4.78 is 7.65. The van der Waals surface area contributed by atoms with Gasteiger partial charge in [-0.05, 0) is 66.6 Å². The van der Waals surface area contributed by atoms with Crippen LogP contribution in [0.15, 0.2) is 91.4 Å². The highest BCUT2D eigenvalue weighted by Crippen LogP contribution is 2.28. The molecule has 5 aromatic rings. The summed E-state index contributed by atoms with van der Waals surface area (Å²) >= 11 is 0. The maximum Gasteiger partial charge on any atom is 0.255 e. The van der Waals surface area contributed by atoms with Crippen LogP contribution >= 0.6 is 0 Å². The Labute approximate surface area is 234 Å². The summed E-state index contributed by atoms with van der Waals surface area (Å²) in [6.45, 7) is 7.85. The number of nitrogens with one attached hydrogen (secondary N) is 3. The normalized spacial score (nSPS) is 11.4. The van der Waals surface area contributed by atoms with E-state index in [0.29, 0.717) is 29.3 Å². The van der Waals surface area contributed by atoms with Gasteiger partial charge in [0.05, 0.1) is 5.69 Å². The van der Waals surface area contributed by atoms with Crippen molar-refractivity contribution in [3.63, 3.8) is 0 Å². The van der Waals surface area contributed by atoms with Crippen LogP contribution in [0.25, 0.3) is 16.9 Å². The lowest BCUT2D eigenvalue weighted by Crippen LogP contribution is -2.15. The summed E-state index contributed by atoms with van der Waals surface area (Å²) in [5.41, 5.74) is 5.71. The predicted octanol–water partition coefficient (Wildman–Crippen LogP) is 6.29. The summed E-state index contributed by atoms with van der Waals surface area (Å²) in [5.74, 6) is 1.27. The molecule has 0 saturated heterocycles. The molecule has 8 nitrogen and oxygen atoms in total. The van der Waals surface area contributed by atoms with Gasteiger partial charge in [-0.2, -0.15) is 0 Å². The lowest BCUT2D eigenvalue weighted by atomic mass is 9.87. The number of likely N-dealkylation sites (N-methyl/N-ethyl adjacent to an activating group) is 1. The molecule has 0 aliphatic rings. The molecule has 0 spiro atoms. The molecule has 0 aliphatic heterocycles. The number of nitrogens with zero attached hydrogens (tertiary/aromatic N) is 3. The average Bonchev–Trinajstić information content (AvgIpc) is 3.43. The van der Waals surface area contributed by atoms with Gasteiger partial charge in [-0.15, -0.1) is 0 Å². The molecule has 5 rings (SSSR count). The van der Waals surface area contributed by atoms with Gasteiger partial charge in [0.25, 0.3) is 5.91 Å². The minimum atomic E-state index is -0.156. The van der Waals surface area contributed by atoms with E-state index < -0.39 is 0 Å². The fourth-order valence-electron chi connectivity index (χ4n) is 4.28. The fourth-order valence-corrected chi connectivity index (χ4v) is 4.28. The first-order chi connectivity index (χ1) is 19.3. The molecule has 2 aromatic heterocycles. The monoisotopic (exact) mass is 534 g/mol. The minimum absolute atomic E-state index is 0.0322. The maximum absolute atomic E-state index is 13.0. The number of amides is 1. The zero-order valence-corrected chi connectivity index (χ0v) is 23.2. The van der Waals surface area contributed by atoms with Crippen molar-refractivity contribution in [2.75, 3.05) is 30.8 Å². The van der Waals surface area contributed by atoms with E-state index in [1.807, 2.05) is 96.6 Å². The number of imidazole rings is 1. The van der Waals surface area contributed by atoms with E-state index in [1.54, 1.807) is 6.20 Å². The molecule has 0 aliphatic carbocycles. The van der Waals surface area contributed by atoms with Crippen molar-refractivity contribution in [1.82, 2.24) is 19.7 Å². The van der Waals surface area contributed by atoms with E-state index in [-0.39, 0.29) is 11.3 Å². The minimum Gasteiger partial charge on any atom is -0.492 e. The van der Waals surface area contributed by atoms with Crippen molar-refractivity contribution < 1.29 is 9.53 Å². The molecule has 3 N–H and O–H groups in total. The lowest BCUT2D eigenvalue weighted by molar-refractivity contribution is 0.102. The maximum atomic E-state index is 13.0. The van der Waals surface area contributed by atoms with Crippen LogP contribution in [-0.2, 0) is 5.41 Å². The molecular formula is C32H34N6O2. The second kappa shape index (κ2) is 11.6. The first-order valence-corrected chi connectivity index (χ1v) is 13.3. The topological polar surface area (TPSA) is 92.6 Å². The Morgan fingerprint density at radius 2 is 1.75 bits per heavy atom. The SMILES string of the molecule is CNCCOc1ccc(Nc2nc(-c3cccc(NC(=O)c4ccc(C(C)(C)C)cc4)c3)cn3ccnc23)cc1. The van der Waals surface area contributed by atoms with Crippen LogP contribution in [0.4, 0.5) is 17.2 Å². The molecule has 2 heterocycles. The third-order valence-electron chi connectivity index (χ3n) is 6.54. The van der Waals surface area contributed by atoms with Crippen molar-refractivity contribution in [2.24, 2.45) is 0 Å². The summed E-state index contributed by atoms with van der Waals surface area (Å²) in [4.78, 5) is 22.3. The summed E-state index contributed by atoms with van der Waals surface area (Å²) in [7, 11) is 1.90. The molecule has 3 aromatic carbocycles. The third-order valence-corrected chi connectivity index (χ3v) is 6.54. The second-order valence-electron chi connectivity index (χ2n) is 10.6. The van der Waals surface area contributed by atoms with Crippen molar-refractivity contribution in [2.45, 2.75) is 26.2 Å². The summed E-state index contributed by atoms with van der Waals surface area (Å²) in [6, 6.07) is 23.2. The first kappa shape index (κ1) is 26.9. The molecule has 0 bridgehead atoms. The number of anilines is 3. The van der Waals surface area contributed by atoms with Gasteiger partial charge in [0, 0.05) is 47.6 Å². The van der Waals surface area contributed by atoms with Gasteiger partial charge in [-0.1, -0.05) is 45.0 Å². The van der Waals surface area contributed by atoms with E-state index >= 15 is 0 Å². The number of rotatable bonds is 9. The van der Waals surface area contributed by atoms with Crippen LogP contribution in [0.3, 0.4) is 0 Å². The van der Waals surface area contributed by atoms with Gasteiger partial charge in [-0.25, -0.2) is 9.97 Å². The van der Waals surface area contributed by atoms with E-state index in [0.717, 1.165) is 29.2 Å². The summed E-state index contributed by atoms with van der Waals surface area (Å²) in [6.07, 6.45) is 5.56. The molecule has 0 radical (unpaired) electrons. The predicted molar refractivity (Wildman–Crippen MR) is 161 cm³/mol. The molecule has 204 valence electrons. The number of hydrogen-bond donors (Lipinski definition) is 3. The molecule has 0 atom stereocenters. The second-order valence-corrected chi connectivity index (χ2v) is 10.6. The van der Waals surface area contributed by atoms with Crippen LogP contribution < -0.4 is 20.7 Å². The standard InChI is InChI=1S/C32H34N6O2/c1-32(2,3)24-10-8-22(9-11-24)31(39)36-26-7-5-6-23(20-26)28-21-38-18-16-34-30(38)29(37-28)35-25-12-14-27(15-13-25)40-19-17-33-4/h5-16,18,20-21,33H,17,19H2,1-4H3,(H,35,37)(H,36,39). The van der Waals surface area contributed by atoms with Gasteiger partial charge in [0.2, 0.25) is 0 Å². The van der Waals surface area contributed by atoms with E-state index in [2.05, 4.69) is 41.7 Å². The quantitative estimate of drug-likeness (QED) is 0.193. The molecule has 0 unspecified atom stereocenters. The highest BCUT2D eigenvalue weighted by atomic mass is 16.5. The van der Waals surface area contributed by atoms with Gasteiger partial charge < -0.3 is 25.1 Å². The Kier molecular flexibility index (Phi) is 7.79. The Morgan fingerprint density at radius 3 is 2.48 bits per heavy atom. The largest absolute Gasteiger partial charge is 0.492 e. The van der Waals surface area contributed by atoms with Crippen LogP contribution in [-0.4, -0.2) is 40.5 Å². The Balaban J connectivity index is 1.35. The van der Waals surface area contributed by atoms with E-state index in [1.165, 1.54) is 5.56 Å². The van der Waals surface area contributed by atoms with E-state index in [4.69, 9.17) is 9.72 Å². The Hall–Kier alpha value is -4.69. The van der Waals surface area contributed by atoms with Gasteiger partial charge in [0.1, 0.15) is 12.4 Å². The summed E-state index contributed by atoms with van der Waals surface area (Å²) in [5, 5.41) is 9.47. The van der Waals surface area contributed by atoms with Crippen molar-refractivity contribution in [1.29, 1.82) is 0 Å². The average molecular weight is 535 g/mol. The van der Waals surface area contributed by atoms with Crippen LogP contribution in [0.5, 0.6) is 5.75 Å². The highest BCUT2D eigenvalue weighted by molar-refractivity contribution is 6.04. The highest BCUT2D eigenvalue weighted by Gasteiger charge is 2.15.